The third-order valence-electron chi connectivity index (χ3n) is 3.11. The fourth-order valence-corrected chi connectivity index (χ4v) is 2.00. The van der Waals surface area contributed by atoms with Crippen LogP contribution in [0.15, 0.2) is 34.7 Å². The quantitative estimate of drug-likeness (QED) is 0.888. The normalized spacial score (nSPS) is 10.2. The van der Waals surface area contributed by atoms with Crippen LogP contribution >= 0.6 is 0 Å². The average molecular weight is 289 g/mol. The van der Waals surface area contributed by atoms with Gasteiger partial charge in [-0.05, 0) is 43.2 Å². The van der Waals surface area contributed by atoms with Crippen LogP contribution in [0.3, 0.4) is 0 Å². The number of furan rings is 1. The molecule has 1 heterocycles. The van der Waals surface area contributed by atoms with Gasteiger partial charge in [0, 0.05) is 6.54 Å². The molecule has 0 atom stereocenters. The second-order valence-electron chi connectivity index (χ2n) is 4.61. The van der Waals surface area contributed by atoms with Crippen LogP contribution in [-0.4, -0.2) is 26.7 Å². The van der Waals surface area contributed by atoms with E-state index in [2.05, 4.69) is 5.32 Å². The molecule has 0 radical (unpaired) electrons. The largest absolute Gasteiger partial charge is 0.493 e. The Kier molecular flexibility index (Phi) is 4.87. The molecule has 0 aliphatic heterocycles. The van der Waals surface area contributed by atoms with Gasteiger partial charge in [-0.3, -0.25) is 4.79 Å². The van der Waals surface area contributed by atoms with Gasteiger partial charge in [0.15, 0.2) is 17.3 Å². The Labute approximate surface area is 123 Å². The lowest BCUT2D eigenvalue weighted by molar-refractivity contribution is 0.0925. The fraction of sp³-hybridized carbons (Fsp3) is 0.312. The highest BCUT2D eigenvalue weighted by Gasteiger charge is 2.09. The van der Waals surface area contributed by atoms with Crippen LogP contribution in [0.1, 0.15) is 21.9 Å². The number of methoxy groups -OCH3 is 2. The molecule has 5 heteroatoms. The molecule has 0 saturated carbocycles. The first kappa shape index (κ1) is 15.0. The molecule has 0 bridgehead atoms. The number of ether oxygens (including phenoxy) is 2. The number of carbonyl (C=O) groups excluding carboxylic acids is 1. The van der Waals surface area contributed by atoms with Crippen molar-refractivity contribution in [1.82, 2.24) is 5.32 Å². The summed E-state index contributed by atoms with van der Waals surface area (Å²) in [6, 6.07) is 9.14. The van der Waals surface area contributed by atoms with Gasteiger partial charge < -0.3 is 19.2 Å². The van der Waals surface area contributed by atoms with Crippen LogP contribution in [0, 0.1) is 6.92 Å². The van der Waals surface area contributed by atoms with Gasteiger partial charge in [-0.15, -0.1) is 0 Å². The summed E-state index contributed by atoms with van der Waals surface area (Å²) in [6.07, 6.45) is 0.700. The molecule has 2 rings (SSSR count). The summed E-state index contributed by atoms with van der Waals surface area (Å²) in [5, 5.41) is 2.82. The number of rotatable bonds is 6. The topological polar surface area (TPSA) is 60.7 Å². The van der Waals surface area contributed by atoms with Gasteiger partial charge in [0.1, 0.15) is 5.76 Å². The highest BCUT2D eigenvalue weighted by Crippen LogP contribution is 2.27. The molecule has 0 spiro atoms. The zero-order valence-corrected chi connectivity index (χ0v) is 12.4. The maximum atomic E-state index is 11.8. The first-order valence-corrected chi connectivity index (χ1v) is 6.69. The fourth-order valence-electron chi connectivity index (χ4n) is 2.00. The van der Waals surface area contributed by atoms with E-state index in [1.54, 1.807) is 33.3 Å². The van der Waals surface area contributed by atoms with Crippen molar-refractivity contribution in [2.24, 2.45) is 0 Å². The van der Waals surface area contributed by atoms with Crippen molar-refractivity contribution in [1.29, 1.82) is 0 Å². The molecule has 0 unspecified atom stereocenters. The van der Waals surface area contributed by atoms with Crippen molar-refractivity contribution >= 4 is 5.91 Å². The van der Waals surface area contributed by atoms with Gasteiger partial charge in [-0.25, -0.2) is 0 Å². The lowest BCUT2D eigenvalue weighted by Crippen LogP contribution is -2.25. The van der Waals surface area contributed by atoms with Gasteiger partial charge in [-0.2, -0.15) is 0 Å². The van der Waals surface area contributed by atoms with E-state index in [0.29, 0.717) is 30.2 Å². The summed E-state index contributed by atoms with van der Waals surface area (Å²) >= 11 is 0. The van der Waals surface area contributed by atoms with Crippen molar-refractivity contribution in [2.75, 3.05) is 20.8 Å². The number of hydrogen-bond donors (Lipinski definition) is 1. The summed E-state index contributed by atoms with van der Waals surface area (Å²) < 4.78 is 15.7. The number of nitrogens with one attached hydrogen (secondary N) is 1. The van der Waals surface area contributed by atoms with Gasteiger partial charge in [0.05, 0.1) is 14.2 Å². The van der Waals surface area contributed by atoms with Crippen LogP contribution in [0.4, 0.5) is 0 Å². The van der Waals surface area contributed by atoms with Crippen molar-refractivity contribution in [3.63, 3.8) is 0 Å². The molecule has 0 aliphatic rings. The summed E-state index contributed by atoms with van der Waals surface area (Å²) in [5.41, 5.74) is 1.06. The van der Waals surface area contributed by atoms with Crippen LogP contribution < -0.4 is 14.8 Å². The summed E-state index contributed by atoms with van der Waals surface area (Å²) in [5.74, 6) is 2.22. The highest BCUT2D eigenvalue weighted by atomic mass is 16.5. The van der Waals surface area contributed by atoms with Crippen LogP contribution in [0.25, 0.3) is 0 Å². The zero-order chi connectivity index (χ0) is 15.2. The van der Waals surface area contributed by atoms with Crippen molar-refractivity contribution in [3.05, 3.63) is 47.4 Å². The molecule has 1 aromatic carbocycles. The Bertz CT molecular complexity index is 618. The minimum absolute atomic E-state index is 0.205. The standard InChI is InChI=1S/C16H19NO4/c1-11-4-6-14(21-11)16(18)17-9-8-12-5-7-13(19-2)15(10-12)20-3/h4-7,10H,8-9H2,1-3H3,(H,17,18). The predicted octanol–water partition coefficient (Wildman–Crippen LogP) is 2.58. The van der Waals surface area contributed by atoms with E-state index in [1.165, 1.54) is 0 Å². The van der Waals surface area contributed by atoms with Gasteiger partial charge in [-0.1, -0.05) is 6.07 Å². The third-order valence-corrected chi connectivity index (χ3v) is 3.11. The number of carbonyl (C=O) groups is 1. The molecule has 1 amide bonds. The predicted molar refractivity (Wildman–Crippen MR) is 79.0 cm³/mol. The maximum absolute atomic E-state index is 11.8. The SMILES string of the molecule is COc1ccc(CCNC(=O)c2ccc(C)o2)cc1OC. The average Bonchev–Trinajstić information content (AvgIpc) is 2.93. The molecule has 112 valence electrons. The summed E-state index contributed by atoms with van der Waals surface area (Å²) in [4.78, 5) is 11.8. The minimum atomic E-state index is -0.205. The Hall–Kier alpha value is -2.43. The molecule has 2 aromatic rings. The number of hydrogen-bond acceptors (Lipinski definition) is 4. The number of amides is 1. The van der Waals surface area contributed by atoms with E-state index >= 15 is 0 Å². The van der Waals surface area contributed by atoms with E-state index in [9.17, 15) is 4.79 Å². The Balaban J connectivity index is 1.90. The van der Waals surface area contributed by atoms with Gasteiger partial charge in [0.2, 0.25) is 0 Å². The molecule has 0 fully saturated rings. The van der Waals surface area contributed by atoms with E-state index in [0.717, 1.165) is 11.3 Å². The van der Waals surface area contributed by atoms with Crippen molar-refractivity contribution in [2.45, 2.75) is 13.3 Å². The Morgan fingerprint density at radius 1 is 1.14 bits per heavy atom. The van der Waals surface area contributed by atoms with Crippen LogP contribution in [0.2, 0.25) is 0 Å². The molecule has 5 nitrogen and oxygen atoms in total. The lowest BCUT2D eigenvalue weighted by Gasteiger charge is -2.09. The minimum Gasteiger partial charge on any atom is -0.493 e. The number of aryl methyl sites for hydroxylation is 1. The van der Waals surface area contributed by atoms with Crippen LogP contribution in [0.5, 0.6) is 11.5 Å². The molecule has 0 saturated heterocycles. The molecule has 21 heavy (non-hydrogen) atoms. The monoisotopic (exact) mass is 289 g/mol. The first-order chi connectivity index (χ1) is 10.1. The van der Waals surface area contributed by atoms with Gasteiger partial charge >= 0.3 is 0 Å². The lowest BCUT2D eigenvalue weighted by atomic mass is 10.1. The van der Waals surface area contributed by atoms with Gasteiger partial charge in [0.25, 0.3) is 5.91 Å². The summed E-state index contributed by atoms with van der Waals surface area (Å²) in [6.45, 7) is 2.33. The highest BCUT2D eigenvalue weighted by molar-refractivity contribution is 5.91. The second kappa shape index (κ2) is 6.83. The zero-order valence-electron chi connectivity index (χ0n) is 12.4. The smallest absolute Gasteiger partial charge is 0.287 e. The number of benzene rings is 1. The first-order valence-electron chi connectivity index (χ1n) is 6.69. The van der Waals surface area contributed by atoms with E-state index in [-0.39, 0.29) is 5.91 Å². The third kappa shape index (κ3) is 3.78. The van der Waals surface area contributed by atoms with E-state index < -0.39 is 0 Å². The van der Waals surface area contributed by atoms with Crippen LogP contribution in [-0.2, 0) is 6.42 Å². The maximum Gasteiger partial charge on any atom is 0.287 e. The molecule has 1 aromatic heterocycles. The molecular weight excluding hydrogens is 270 g/mol. The summed E-state index contributed by atoms with van der Waals surface area (Å²) in [7, 11) is 3.20. The van der Waals surface area contributed by atoms with Crippen molar-refractivity contribution < 1.29 is 18.7 Å². The van der Waals surface area contributed by atoms with E-state index in [1.807, 2.05) is 18.2 Å². The van der Waals surface area contributed by atoms with Crippen molar-refractivity contribution in [3.8, 4) is 11.5 Å². The Morgan fingerprint density at radius 2 is 1.90 bits per heavy atom. The van der Waals surface area contributed by atoms with E-state index in [4.69, 9.17) is 13.9 Å². The molecule has 1 N–H and O–H groups in total. The Morgan fingerprint density at radius 3 is 2.52 bits per heavy atom. The second-order valence-corrected chi connectivity index (χ2v) is 4.61. The molecular formula is C16H19NO4. The molecule has 0 aliphatic carbocycles.